The Morgan fingerprint density at radius 2 is 2.06 bits per heavy atom. The molecule has 94 valence electrons. The predicted molar refractivity (Wildman–Crippen MR) is 76.6 cm³/mol. The zero-order valence-corrected chi connectivity index (χ0v) is 11.7. The number of rotatable bonds is 1. The molecular weight excluding hydrogens is 244 g/mol. The third kappa shape index (κ3) is 1.52. The standard InChI is InChI=1S/C15H17ClN2/c1-10-8-9-13(15(10,2)3)18-12-7-5-4-6-11(12)17-14(18)16/h4-7,9-10H,8H2,1-3H3. The predicted octanol–water partition coefficient (Wildman–Crippen LogP) is 4.60. The Morgan fingerprint density at radius 3 is 2.72 bits per heavy atom. The number of nitrogens with zero attached hydrogens (tertiary/aromatic N) is 2. The van der Waals surface area contributed by atoms with Gasteiger partial charge in [0.15, 0.2) is 0 Å². The molecule has 0 fully saturated rings. The minimum atomic E-state index is 0.132. The van der Waals surface area contributed by atoms with E-state index in [1.54, 1.807) is 0 Å². The molecular formula is C15H17ClN2. The summed E-state index contributed by atoms with van der Waals surface area (Å²) in [6, 6.07) is 8.10. The van der Waals surface area contributed by atoms with Crippen LogP contribution in [-0.4, -0.2) is 9.55 Å². The fourth-order valence-corrected chi connectivity index (χ4v) is 2.98. The molecule has 0 spiro atoms. The van der Waals surface area contributed by atoms with Crippen molar-refractivity contribution in [1.82, 2.24) is 9.55 Å². The maximum atomic E-state index is 6.33. The molecule has 1 heterocycles. The SMILES string of the molecule is CC1CC=C(n2c(Cl)nc3ccccc32)C1(C)C. The highest BCUT2D eigenvalue weighted by molar-refractivity contribution is 6.29. The Balaban J connectivity index is 2.24. The monoisotopic (exact) mass is 260 g/mol. The molecule has 1 aliphatic rings. The Morgan fingerprint density at radius 1 is 1.33 bits per heavy atom. The summed E-state index contributed by atoms with van der Waals surface area (Å²) >= 11 is 6.33. The maximum Gasteiger partial charge on any atom is 0.208 e. The summed E-state index contributed by atoms with van der Waals surface area (Å²) in [7, 11) is 0. The second-order valence-electron chi connectivity index (χ2n) is 5.65. The van der Waals surface area contributed by atoms with Gasteiger partial charge in [-0.2, -0.15) is 0 Å². The first kappa shape index (κ1) is 11.8. The quantitative estimate of drug-likeness (QED) is 0.733. The number of hydrogen-bond acceptors (Lipinski definition) is 1. The smallest absolute Gasteiger partial charge is 0.208 e. The third-order valence-electron chi connectivity index (χ3n) is 4.32. The summed E-state index contributed by atoms with van der Waals surface area (Å²) in [5.41, 5.74) is 3.45. The molecule has 1 unspecified atom stereocenters. The van der Waals surface area contributed by atoms with Gasteiger partial charge in [-0.05, 0) is 36.1 Å². The molecule has 0 saturated carbocycles. The number of fused-ring (bicyclic) bond motifs is 1. The van der Waals surface area contributed by atoms with Gasteiger partial charge in [-0.3, -0.25) is 4.57 Å². The van der Waals surface area contributed by atoms with Gasteiger partial charge in [-0.1, -0.05) is 39.0 Å². The molecule has 0 bridgehead atoms. The minimum Gasteiger partial charge on any atom is -0.287 e. The summed E-state index contributed by atoms with van der Waals surface area (Å²) in [5, 5.41) is 0.560. The van der Waals surface area contributed by atoms with E-state index in [2.05, 4.69) is 42.5 Å². The third-order valence-corrected chi connectivity index (χ3v) is 4.57. The maximum absolute atomic E-state index is 6.33. The van der Waals surface area contributed by atoms with Crippen molar-refractivity contribution in [2.24, 2.45) is 11.3 Å². The molecule has 18 heavy (non-hydrogen) atoms. The summed E-state index contributed by atoms with van der Waals surface area (Å²) < 4.78 is 2.10. The van der Waals surface area contributed by atoms with Crippen LogP contribution in [-0.2, 0) is 0 Å². The molecule has 1 aromatic carbocycles. The second-order valence-corrected chi connectivity index (χ2v) is 5.99. The lowest BCUT2D eigenvalue weighted by Crippen LogP contribution is -2.21. The van der Waals surface area contributed by atoms with Crippen molar-refractivity contribution in [3.05, 3.63) is 35.6 Å². The molecule has 1 aliphatic carbocycles. The fraction of sp³-hybridized carbons (Fsp3) is 0.400. The first-order chi connectivity index (χ1) is 8.51. The van der Waals surface area contributed by atoms with Crippen molar-refractivity contribution in [1.29, 1.82) is 0 Å². The van der Waals surface area contributed by atoms with E-state index in [0.29, 0.717) is 11.2 Å². The van der Waals surface area contributed by atoms with Crippen molar-refractivity contribution < 1.29 is 0 Å². The number of allylic oxidation sites excluding steroid dienone is 2. The Bertz CT molecular complexity index is 637. The fourth-order valence-electron chi connectivity index (χ4n) is 2.70. The second kappa shape index (κ2) is 3.86. The van der Waals surface area contributed by atoms with Crippen molar-refractivity contribution in [2.45, 2.75) is 27.2 Å². The lowest BCUT2D eigenvalue weighted by Gasteiger charge is -2.29. The lowest BCUT2D eigenvalue weighted by atomic mass is 9.81. The van der Waals surface area contributed by atoms with Crippen LogP contribution in [0.4, 0.5) is 0 Å². The van der Waals surface area contributed by atoms with Gasteiger partial charge in [0.25, 0.3) is 0 Å². The minimum absolute atomic E-state index is 0.132. The summed E-state index contributed by atoms with van der Waals surface area (Å²) in [6.45, 7) is 6.85. The van der Waals surface area contributed by atoms with Crippen molar-refractivity contribution in [3.8, 4) is 0 Å². The largest absolute Gasteiger partial charge is 0.287 e. The number of hydrogen-bond donors (Lipinski definition) is 0. The van der Waals surface area contributed by atoms with Crippen LogP contribution in [0, 0.1) is 11.3 Å². The van der Waals surface area contributed by atoms with Crippen LogP contribution >= 0.6 is 11.6 Å². The van der Waals surface area contributed by atoms with Crippen molar-refractivity contribution in [2.75, 3.05) is 0 Å². The van der Waals surface area contributed by atoms with Crippen LogP contribution in [0.2, 0.25) is 5.28 Å². The van der Waals surface area contributed by atoms with Crippen LogP contribution in [0.25, 0.3) is 16.7 Å². The van der Waals surface area contributed by atoms with Crippen LogP contribution < -0.4 is 0 Å². The molecule has 2 aromatic rings. The van der Waals surface area contributed by atoms with Crippen molar-refractivity contribution in [3.63, 3.8) is 0 Å². The highest BCUT2D eigenvalue weighted by Gasteiger charge is 2.36. The van der Waals surface area contributed by atoms with Crippen LogP contribution in [0.5, 0.6) is 0 Å². The van der Waals surface area contributed by atoms with Gasteiger partial charge in [-0.15, -0.1) is 0 Å². The molecule has 3 rings (SSSR count). The molecule has 1 aromatic heterocycles. The number of para-hydroxylation sites is 2. The number of benzene rings is 1. The van der Waals surface area contributed by atoms with Gasteiger partial charge in [0, 0.05) is 11.1 Å². The highest BCUT2D eigenvalue weighted by atomic mass is 35.5. The van der Waals surface area contributed by atoms with Gasteiger partial charge in [-0.25, -0.2) is 4.98 Å². The van der Waals surface area contributed by atoms with Crippen LogP contribution in [0.15, 0.2) is 30.3 Å². The summed E-state index contributed by atoms with van der Waals surface area (Å²) in [5.74, 6) is 0.629. The van der Waals surface area contributed by atoms with E-state index in [1.165, 1.54) is 5.70 Å². The summed E-state index contributed by atoms with van der Waals surface area (Å²) in [6.07, 6.45) is 3.40. The normalized spacial score (nSPS) is 22.4. The Hall–Kier alpha value is -1.28. The van der Waals surface area contributed by atoms with Gasteiger partial charge in [0.05, 0.1) is 11.0 Å². The first-order valence-corrected chi connectivity index (χ1v) is 6.73. The van der Waals surface area contributed by atoms with Gasteiger partial charge in [0.2, 0.25) is 5.28 Å². The number of halogens is 1. The molecule has 2 nitrogen and oxygen atoms in total. The Labute approximate surface area is 112 Å². The zero-order valence-electron chi connectivity index (χ0n) is 10.9. The van der Waals surface area contributed by atoms with Gasteiger partial charge in [0.1, 0.15) is 0 Å². The average molecular weight is 261 g/mol. The van der Waals surface area contributed by atoms with E-state index in [-0.39, 0.29) is 5.41 Å². The molecule has 0 N–H and O–H groups in total. The van der Waals surface area contributed by atoms with Crippen molar-refractivity contribution >= 4 is 28.3 Å². The molecule has 1 atom stereocenters. The number of aromatic nitrogens is 2. The van der Waals surface area contributed by atoms with E-state index in [0.717, 1.165) is 17.5 Å². The van der Waals surface area contributed by atoms with E-state index in [9.17, 15) is 0 Å². The van der Waals surface area contributed by atoms with E-state index >= 15 is 0 Å². The van der Waals surface area contributed by atoms with Gasteiger partial charge < -0.3 is 0 Å². The Kier molecular flexibility index (Phi) is 2.53. The highest BCUT2D eigenvalue weighted by Crippen LogP contribution is 2.47. The number of imidazole rings is 1. The topological polar surface area (TPSA) is 17.8 Å². The lowest BCUT2D eigenvalue weighted by molar-refractivity contribution is 0.339. The van der Waals surface area contributed by atoms with E-state index in [4.69, 9.17) is 11.6 Å². The van der Waals surface area contributed by atoms with Crippen LogP contribution in [0.1, 0.15) is 27.2 Å². The molecule has 3 heteroatoms. The molecule has 0 aliphatic heterocycles. The van der Waals surface area contributed by atoms with Crippen LogP contribution in [0.3, 0.4) is 0 Å². The van der Waals surface area contributed by atoms with Gasteiger partial charge >= 0.3 is 0 Å². The molecule has 0 saturated heterocycles. The zero-order chi connectivity index (χ0) is 12.9. The molecule has 0 radical (unpaired) electrons. The first-order valence-electron chi connectivity index (χ1n) is 6.36. The van der Waals surface area contributed by atoms with E-state index in [1.807, 2.05) is 18.2 Å². The summed E-state index contributed by atoms with van der Waals surface area (Å²) in [4.78, 5) is 4.44. The molecule has 0 amide bonds. The van der Waals surface area contributed by atoms with E-state index < -0.39 is 0 Å². The average Bonchev–Trinajstić information content (AvgIpc) is 2.77.